The topological polar surface area (TPSA) is 85.5 Å². The van der Waals surface area contributed by atoms with Gasteiger partial charge in [0.1, 0.15) is 23.8 Å². The zero-order valence-corrected chi connectivity index (χ0v) is 20.8. The maximum atomic E-state index is 13.3. The van der Waals surface area contributed by atoms with E-state index < -0.39 is 0 Å². The molecule has 6 rings (SSSR count). The van der Waals surface area contributed by atoms with E-state index in [1.54, 1.807) is 7.11 Å². The lowest BCUT2D eigenvalue weighted by molar-refractivity contribution is 0.0511. The molecule has 9 heteroatoms. The average Bonchev–Trinajstić information content (AvgIpc) is 3.32. The van der Waals surface area contributed by atoms with Gasteiger partial charge in [0.25, 0.3) is 0 Å². The molecule has 0 amide bonds. The van der Waals surface area contributed by atoms with Crippen molar-refractivity contribution in [2.75, 3.05) is 38.6 Å². The quantitative estimate of drug-likeness (QED) is 0.355. The van der Waals surface area contributed by atoms with Gasteiger partial charge in [-0.15, -0.1) is 0 Å². The number of hydrogen-bond acceptors (Lipinski definition) is 8. The molecule has 1 N–H and O–H groups in total. The van der Waals surface area contributed by atoms with E-state index in [4.69, 9.17) is 23.9 Å². The first kappa shape index (κ1) is 23.1. The number of aromatic nitrogens is 3. The SMILES string of the molecule is COCOc1c(-c2ccc3nc(N4CC[C@H](NC5(CF)CC5)C4)ccc3n2)cc2oc(C)nc2c1C. The van der Waals surface area contributed by atoms with Gasteiger partial charge in [-0.3, -0.25) is 0 Å². The van der Waals surface area contributed by atoms with Crippen LogP contribution >= 0.6 is 0 Å². The summed E-state index contributed by atoms with van der Waals surface area (Å²) in [6, 6.07) is 10.2. The summed E-state index contributed by atoms with van der Waals surface area (Å²) in [5.74, 6) is 2.19. The van der Waals surface area contributed by atoms with Gasteiger partial charge < -0.3 is 24.1 Å². The van der Waals surface area contributed by atoms with Crippen molar-refractivity contribution in [3.05, 3.63) is 41.8 Å². The van der Waals surface area contributed by atoms with Crippen LogP contribution in [0.3, 0.4) is 0 Å². The Labute approximate surface area is 208 Å². The summed E-state index contributed by atoms with van der Waals surface area (Å²) < 4.78 is 30.2. The van der Waals surface area contributed by atoms with Gasteiger partial charge in [-0.25, -0.2) is 19.3 Å². The van der Waals surface area contributed by atoms with Crippen LogP contribution in [0.5, 0.6) is 5.75 Å². The van der Waals surface area contributed by atoms with Gasteiger partial charge in [0.15, 0.2) is 18.3 Å². The fraction of sp³-hybridized carbons (Fsp3) is 0.444. The molecule has 4 heterocycles. The van der Waals surface area contributed by atoms with Crippen molar-refractivity contribution in [1.29, 1.82) is 0 Å². The molecule has 4 aromatic rings. The fourth-order valence-electron chi connectivity index (χ4n) is 5.12. The zero-order chi connectivity index (χ0) is 24.9. The number of hydrogen-bond donors (Lipinski definition) is 1. The molecular weight excluding hydrogens is 461 g/mol. The summed E-state index contributed by atoms with van der Waals surface area (Å²) in [6.07, 6.45) is 2.86. The lowest BCUT2D eigenvalue weighted by Gasteiger charge is -2.21. The molecule has 8 nitrogen and oxygen atoms in total. The summed E-state index contributed by atoms with van der Waals surface area (Å²) in [6.45, 7) is 5.36. The van der Waals surface area contributed by atoms with Crippen LogP contribution in [0.15, 0.2) is 34.7 Å². The van der Waals surface area contributed by atoms with Crippen molar-refractivity contribution in [1.82, 2.24) is 20.3 Å². The maximum absolute atomic E-state index is 13.3. The molecule has 0 spiro atoms. The monoisotopic (exact) mass is 491 g/mol. The minimum absolute atomic E-state index is 0.118. The standard InChI is InChI=1S/C27H30FN5O3/c1-16-25-23(36-17(2)29-25)12-19(26(16)35-15-34-3)20-4-5-22-21(30-20)6-7-24(31-22)33-11-8-18(13-33)32-27(14-28)9-10-27/h4-7,12,18,32H,8-11,13-15H2,1-3H3/t18-/m0/s1. The molecule has 1 atom stereocenters. The number of nitrogens with zero attached hydrogens (tertiary/aromatic N) is 4. The van der Waals surface area contributed by atoms with Crippen molar-refractivity contribution in [3.63, 3.8) is 0 Å². The molecule has 0 bridgehead atoms. The Morgan fingerprint density at radius 3 is 2.72 bits per heavy atom. The van der Waals surface area contributed by atoms with Gasteiger partial charge in [-0.2, -0.15) is 0 Å². The molecule has 1 aliphatic carbocycles. The second-order valence-corrected chi connectivity index (χ2v) is 9.90. The summed E-state index contributed by atoms with van der Waals surface area (Å²) in [4.78, 5) is 16.5. The van der Waals surface area contributed by atoms with E-state index in [0.29, 0.717) is 23.3 Å². The van der Waals surface area contributed by atoms with Crippen LogP contribution in [0.25, 0.3) is 33.4 Å². The van der Waals surface area contributed by atoms with Crippen molar-refractivity contribution in [3.8, 4) is 17.0 Å². The molecule has 1 aromatic carbocycles. The first-order valence-corrected chi connectivity index (χ1v) is 12.4. The Morgan fingerprint density at radius 1 is 1.14 bits per heavy atom. The Morgan fingerprint density at radius 2 is 1.94 bits per heavy atom. The minimum atomic E-state index is -0.285. The smallest absolute Gasteiger partial charge is 0.192 e. The van der Waals surface area contributed by atoms with Crippen LogP contribution in [-0.4, -0.2) is 60.2 Å². The van der Waals surface area contributed by atoms with Gasteiger partial charge in [0.05, 0.1) is 16.7 Å². The number of rotatable bonds is 8. The van der Waals surface area contributed by atoms with E-state index >= 15 is 0 Å². The van der Waals surface area contributed by atoms with Gasteiger partial charge in [-0.1, -0.05) is 0 Å². The number of pyridine rings is 2. The third-order valence-electron chi connectivity index (χ3n) is 7.23. The third kappa shape index (κ3) is 4.16. The minimum Gasteiger partial charge on any atom is -0.466 e. The number of alkyl halides is 1. The predicted octanol–water partition coefficient (Wildman–Crippen LogP) is 4.71. The van der Waals surface area contributed by atoms with Crippen LogP contribution < -0.4 is 15.0 Å². The Kier molecular flexibility index (Phi) is 5.76. The van der Waals surface area contributed by atoms with Crippen molar-refractivity contribution in [2.45, 2.75) is 44.7 Å². The maximum Gasteiger partial charge on any atom is 0.192 e. The number of ether oxygens (including phenoxy) is 2. The van der Waals surface area contributed by atoms with Gasteiger partial charge in [0, 0.05) is 49.8 Å². The fourth-order valence-corrected chi connectivity index (χ4v) is 5.12. The van der Waals surface area contributed by atoms with Gasteiger partial charge in [0.2, 0.25) is 0 Å². The molecule has 1 aliphatic heterocycles. The lowest BCUT2D eigenvalue weighted by atomic mass is 10.0. The summed E-state index contributed by atoms with van der Waals surface area (Å²) in [5.41, 5.74) is 5.26. The van der Waals surface area contributed by atoms with Crippen LogP contribution in [-0.2, 0) is 4.74 Å². The largest absolute Gasteiger partial charge is 0.466 e. The van der Waals surface area contributed by atoms with E-state index in [-0.39, 0.29) is 19.0 Å². The lowest BCUT2D eigenvalue weighted by Crippen LogP contribution is -2.43. The predicted molar refractivity (Wildman–Crippen MR) is 136 cm³/mol. The summed E-state index contributed by atoms with van der Waals surface area (Å²) >= 11 is 0. The highest BCUT2D eigenvalue weighted by atomic mass is 19.1. The summed E-state index contributed by atoms with van der Waals surface area (Å²) in [5, 5.41) is 3.53. The number of fused-ring (bicyclic) bond motifs is 2. The number of aryl methyl sites for hydroxylation is 2. The number of halogens is 1. The number of methoxy groups -OCH3 is 1. The van der Waals surface area contributed by atoms with Crippen LogP contribution in [0, 0.1) is 13.8 Å². The normalized spacial score (nSPS) is 18.9. The van der Waals surface area contributed by atoms with Gasteiger partial charge in [-0.05, 0) is 56.5 Å². The average molecular weight is 492 g/mol. The van der Waals surface area contributed by atoms with Crippen LogP contribution in [0.1, 0.15) is 30.7 Å². The number of benzene rings is 1. The molecule has 2 fully saturated rings. The van der Waals surface area contributed by atoms with E-state index in [2.05, 4.69) is 15.2 Å². The van der Waals surface area contributed by atoms with Crippen LogP contribution in [0.2, 0.25) is 0 Å². The van der Waals surface area contributed by atoms with E-state index in [1.807, 2.05) is 44.2 Å². The highest BCUT2D eigenvalue weighted by Crippen LogP contribution is 2.39. The highest BCUT2D eigenvalue weighted by molar-refractivity contribution is 5.89. The first-order valence-electron chi connectivity index (χ1n) is 12.4. The summed E-state index contributed by atoms with van der Waals surface area (Å²) in [7, 11) is 1.59. The molecular formula is C27H30FN5O3. The van der Waals surface area contributed by atoms with Crippen molar-refractivity contribution < 1.29 is 18.3 Å². The van der Waals surface area contributed by atoms with Crippen molar-refractivity contribution in [2.24, 2.45) is 0 Å². The molecule has 36 heavy (non-hydrogen) atoms. The molecule has 0 radical (unpaired) electrons. The van der Waals surface area contributed by atoms with E-state index in [9.17, 15) is 4.39 Å². The number of oxazole rings is 1. The Balaban J connectivity index is 1.30. The van der Waals surface area contributed by atoms with Gasteiger partial charge >= 0.3 is 0 Å². The number of anilines is 1. The molecule has 0 unspecified atom stereocenters. The molecule has 2 aliphatic rings. The Bertz CT molecular complexity index is 1430. The molecule has 1 saturated heterocycles. The molecule has 3 aromatic heterocycles. The van der Waals surface area contributed by atoms with E-state index in [0.717, 1.165) is 71.5 Å². The highest BCUT2D eigenvalue weighted by Gasteiger charge is 2.45. The first-order chi connectivity index (χ1) is 17.5. The number of nitrogens with one attached hydrogen (secondary N) is 1. The Hall–Kier alpha value is -3.30. The third-order valence-corrected chi connectivity index (χ3v) is 7.23. The van der Waals surface area contributed by atoms with Crippen molar-refractivity contribution >= 4 is 28.0 Å². The second-order valence-electron chi connectivity index (χ2n) is 9.90. The zero-order valence-electron chi connectivity index (χ0n) is 20.8. The van der Waals surface area contributed by atoms with E-state index in [1.165, 1.54) is 0 Å². The molecule has 188 valence electrons. The van der Waals surface area contributed by atoms with Crippen LogP contribution in [0.4, 0.5) is 10.2 Å². The second kappa shape index (κ2) is 8.97. The molecule has 1 saturated carbocycles.